The van der Waals surface area contributed by atoms with Crippen LogP contribution in [0.4, 0.5) is 0 Å². The van der Waals surface area contributed by atoms with Gasteiger partial charge < -0.3 is 0 Å². The van der Waals surface area contributed by atoms with E-state index in [2.05, 4.69) is 144 Å². The number of nitrogens with zero attached hydrogens (tertiary/aromatic N) is 7. The third-order valence-corrected chi connectivity index (χ3v) is 11.4. The fourth-order valence-corrected chi connectivity index (χ4v) is 8.55. The number of aromatic nitrogens is 6. The highest BCUT2D eigenvalue weighted by atomic mass is 15.5. The Kier molecular flexibility index (Phi) is 8.70. The lowest BCUT2D eigenvalue weighted by Crippen LogP contribution is -2.15. The van der Waals surface area contributed by atoms with E-state index < -0.39 is 0 Å². The molecule has 4 aromatic heterocycles. The van der Waals surface area contributed by atoms with Crippen LogP contribution in [-0.4, -0.2) is 35.7 Å². The summed E-state index contributed by atoms with van der Waals surface area (Å²) in [6.45, 7) is 2.18. The summed E-state index contributed by atoms with van der Waals surface area (Å²) in [6, 6.07) is 58.7. The number of hydrogen-bond donors (Lipinski definition) is 0. The number of pyridine rings is 3. The minimum atomic E-state index is -0.103. The molecule has 60 heavy (non-hydrogen) atoms. The van der Waals surface area contributed by atoms with Crippen molar-refractivity contribution in [3.05, 3.63) is 206 Å². The third kappa shape index (κ3) is 6.24. The first kappa shape index (κ1) is 35.3. The average Bonchev–Trinajstić information content (AvgIpc) is 3.76. The van der Waals surface area contributed by atoms with Gasteiger partial charge in [0.25, 0.3) is 0 Å². The van der Waals surface area contributed by atoms with Crippen molar-refractivity contribution >= 4 is 38.3 Å². The van der Waals surface area contributed by atoms with E-state index in [1.165, 1.54) is 38.2 Å². The quantitative estimate of drug-likeness (QED) is 0.151. The largest absolute Gasteiger partial charge is 0.274 e. The van der Waals surface area contributed by atoms with Crippen molar-refractivity contribution < 1.29 is 0 Å². The molecule has 7 heteroatoms. The van der Waals surface area contributed by atoms with Crippen LogP contribution in [0.1, 0.15) is 24.2 Å². The smallest absolute Gasteiger partial charge is 0.123 e. The van der Waals surface area contributed by atoms with Crippen LogP contribution in [0, 0.1) is 5.92 Å². The molecule has 6 aromatic carbocycles. The SMILES string of the molecule is CC1C=CC(c2cc(-c3cccc(-c4ccccn4)n3)c3nn(-c4ccc(-c5c6ccccc6c(-c6ccccc6)c6ccccc56)cc4)nc3c2)=NC1c1ccccn1. The molecule has 10 aromatic rings. The first-order chi connectivity index (χ1) is 29.7. The van der Waals surface area contributed by atoms with Gasteiger partial charge in [0.2, 0.25) is 0 Å². The second kappa shape index (κ2) is 14.8. The summed E-state index contributed by atoms with van der Waals surface area (Å²) < 4.78 is 0. The normalized spacial score (nSPS) is 15.1. The van der Waals surface area contributed by atoms with Crippen LogP contribution in [0.5, 0.6) is 0 Å². The first-order valence-corrected chi connectivity index (χ1v) is 20.2. The number of benzene rings is 6. The summed E-state index contributed by atoms with van der Waals surface area (Å²) in [7, 11) is 0. The minimum Gasteiger partial charge on any atom is -0.274 e. The maximum Gasteiger partial charge on any atom is 0.123 e. The van der Waals surface area contributed by atoms with Gasteiger partial charge in [-0.2, -0.15) is 4.80 Å². The van der Waals surface area contributed by atoms with Gasteiger partial charge in [-0.25, -0.2) is 4.98 Å². The molecule has 0 fully saturated rings. The molecular weight excluding hydrogens is 735 g/mol. The summed E-state index contributed by atoms with van der Waals surface area (Å²) >= 11 is 0. The van der Waals surface area contributed by atoms with E-state index in [1.807, 2.05) is 60.8 Å². The number of fused-ring (bicyclic) bond motifs is 3. The molecule has 2 unspecified atom stereocenters. The van der Waals surface area contributed by atoms with Crippen LogP contribution in [0.2, 0.25) is 0 Å². The molecule has 2 atom stereocenters. The minimum absolute atomic E-state index is 0.103. The predicted molar refractivity (Wildman–Crippen MR) is 243 cm³/mol. The van der Waals surface area contributed by atoms with Gasteiger partial charge in [-0.1, -0.05) is 122 Å². The third-order valence-electron chi connectivity index (χ3n) is 11.4. The van der Waals surface area contributed by atoms with Crippen molar-refractivity contribution in [3.63, 3.8) is 0 Å². The van der Waals surface area contributed by atoms with Gasteiger partial charge in [0.05, 0.1) is 40.2 Å². The molecule has 284 valence electrons. The van der Waals surface area contributed by atoms with Crippen molar-refractivity contribution in [2.45, 2.75) is 13.0 Å². The van der Waals surface area contributed by atoms with Crippen LogP contribution >= 0.6 is 0 Å². The summed E-state index contributed by atoms with van der Waals surface area (Å²) in [5.41, 5.74) is 13.1. The van der Waals surface area contributed by atoms with E-state index in [-0.39, 0.29) is 12.0 Å². The lowest BCUT2D eigenvalue weighted by molar-refractivity contribution is 0.550. The zero-order chi connectivity index (χ0) is 40.0. The molecule has 0 bridgehead atoms. The Hall–Kier alpha value is -7.90. The van der Waals surface area contributed by atoms with E-state index in [4.69, 9.17) is 20.2 Å². The van der Waals surface area contributed by atoms with E-state index in [0.29, 0.717) is 0 Å². The second-order valence-electron chi connectivity index (χ2n) is 15.2. The van der Waals surface area contributed by atoms with Gasteiger partial charge in [-0.3, -0.25) is 15.0 Å². The van der Waals surface area contributed by atoms with Crippen molar-refractivity contribution in [1.82, 2.24) is 29.9 Å². The topological polar surface area (TPSA) is 81.7 Å². The molecule has 0 radical (unpaired) electrons. The van der Waals surface area contributed by atoms with E-state index >= 15 is 0 Å². The first-order valence-electron chi connectivity index (χ1n) is 20.2. The maximum absolute atomic E-state index is 5.26. The molecule has 0 N–H and O–H groups in total. The molecule has 7 nitrogen and oxygen atoms in total. The van der Waals surface area contributed by atoms with Gasteiger partial charge in [-0.05, 0) is 111 Å². The van der Waals surface area contributed by atoms with Crippen LogP contribution in [0.15, 0.2) is 199 Å². The summed E-state index contributed by atoms with van der Waals surface area (Å²) in [6.07, 6.45) is 7.94. The predicted octanol–water partition coefficient (Wildman–Crippen LogP) is 12.3. The zero-order valence-corrected chi connectivity index (χ0v) is 32.8. The Morgan fingerprint density at radius 2 is 1.12 bits per heavy atom. The zero-order valence-electron chi connectivity index (χ0n) is 32.8. The lowest BCUT2D eigenvalue weighted by atomic mass is 9.86. The Morgan fingerprint density at radius 1 is 0.500 bits per heavy atom. The summed E-state index contributed by atoms with van der Waals surface area (Å²) in [5, 5.41) is 15.1. The summed E-state index contributed by atoms with van der Waals surface area (Å²) in [5.74, 6) is 0.199. The van der Waals surface area contributed by atoms with Gasteiger partial charge in [0.15, 0.2) is 0 Å². The van der Waals surface area contributed by atoms with E-state index in [1.54, 1.807) is 11.0 Å². The molecule has 0 saturated carbocycles. The monoisotopic (exact) mass is 771 g/mol. The van der Waals surface area contributed by atoms with Gasteiger partial charge >= 0.3 is 0 Å². The Balaban J connectivity index is 1.04. The Labute approximate surface area is 347 Å². The Morgan fingerprint density at radius 3 is 1.78 bits per heavy atom. The van der Waals surface area contributed by atoms with Crippen LogP contribution in [-0.2, 0) is 0 Å². The molecule has 0 spiro atoms. The highest BCUT2D eigenvalue weighted by molar-refractivity contribution is 6.21. The molecule has 0 amide bonds. The molecular formula is C53H37N7. The second-order valence-corrected chi connectivity index (χ2v) is 15.2. The van der Waals surface area contributed by atoms with E-state index in [9.17, 15) is 0 Å². The number of aliphatic imine (C=N–C) groups is 1. The number of dihydropyridines is 1. The van der Waals surface area contributed by atoms with E-state index in [0.717, 1.165) is 61.9 Å². The van der Waals surface area contributed by atoms with Crippen LogP contribution in [0.25, 0.3) is 83.2 Å². The molecule has 5 heterocycles. The average molecular weight is 772 g/mol. The maximum atomic E-state index is 5.26. The highest BCUT2D eigenvalue weighted by Crippen LogP contribution is 2.44. The van der Waals surface area contributed by atoms with Gasteiger partial charge in [0.1, 0.15) is 11.0 Å². The lowest BCUT2D eigenvalue weighted by Gasteiger charge is -2.22. The number of rotatable bonds is 7. The Bertz CT molecular complexity index is 3210. The fraction of sp³-hybridized carbons (Fsp3) is 0.0566. The van der Waals surface area contributed by atoms with Gasteiger partial charge in [0, 0.05) is 29.4 Å². The summed E-state index contributed by atoms with van der Waals surface area (Å²) in [4.78, 5) is 21.3. The van der Waals surface area contributed by atoms with Crippen LogP contribution in [0.3, 0.4) is 0 Å². The van der Waals surface area contributed by atoms with Crippen molar-refractivity contribution in [3.8, 4) is 50.6 Å². The molecule has 1 aliphatic rings. The standard InChI is InChI=1S/C53H37N7/c1-34-24-29-44(57-52(34)48-21-10-12-31-55-48)37-32-43(45-22-13-23-47(56-45)46-20-9-11-30-54-46)53-49(33-37)58-60(59-53)38-27-25-36(26-28-38)51-41-18-7-5-16-39(41)50(35-14-3-2-4-15-35)40-17-6-8-19-42(40)51/h2-34,52H,1H3. The molecule has 11 rings (SSSR count). The fourth-order valence-electron chi connectivity index (χ4n) is 8.55. The van der Waals surface area contributed by atoms with Crippen molar-refractivity contribution in [2.24, 2.45) is 10.9 Å². The van der Waals surface area contributed by atoms with Crippen molar-refractivity contribution in [2.75, 3.05) is 0 Å². The molecule has 1 aliphatic heterocycles. The van der Waals surface area contributed by atoms with Gasteiger partial charge in [-0.15, -0.1) is 10.2 Å². The highest BCUT2D eigenvalue weighted by Gasteiger charge is 2.24. The molecule has 0 saturated heterocycles. The van der Waals surface area contributed by atoms with Crippen LogP contribution < -0.4 is 0 Å². The number of hydrogen-bond acceptors (Lipinski definition) is 6. The number of allylic oxidation sites excluding steroid dienone is 1. The van der Waals surface area contributed by atoms with Crippen molar-refractivity contribution in [1.29, 1.82) is 0 Å². The molecule has 0 aliphatic carbocycles.